The fourth-order valence-corrected chi connectivity index (χ4v) is 8.85. The average Bonchev–Trinajstić information content (AvgIpc) is 3.16. The zero-order valence-electron chi connectivity index (χ0n) is 32.9. The Labute approximate surface area is 329 Å². The van der Waals surface area contributed by atoms with E-state index in [9.17, 15) is 34.8 Å². The van der Waals surface area contributed by atoms with Gasteiger partial charge in [0.1, 0.15) is 11.9 Å². The maximum Gasteiger partial charge on any atom is 0.512 e. The maximum atomic E-state index is 13.3. The van der Waals surface area contributed by atoms with Gasteiger partial charge < -0.3 is 14.5 Å². The minimum atomic E-state index is -6.31. The monoisotopic (exact) mass is 816 g/mol. The van der Waals surface area contributed by atoms with Crippen molar-refractivity contribution in [2.45, 2.75) is 65.6 Å². The number of ether oxygens (including phenoxy) is 1. The number of carbonyl (C=O) groups excluding carboxylic acids is 1. The van der Waals surface area contributed by atoms with Crippen LogP contribution in [0.4, 0.5) is 24.5 Å². The number of benzene rings is 3. The Balaban J connectivity index is 1.84. The molecule has 0 fully saturated rings. The van der Waals surface area contributed by atoms with E-state index in [1.165, 1.54) is 0 Å². The van der Waals surface area contributed by atoms with Crippen molar-refractivity contribution in [3.05, 3.63) is 107 Å². The molecule has 0 saturated heterocycles. The van der Waals surface area contributed by atoms with E-state index in [0.717, 1.165) is 69.5 Å². The van der Waals surface area contributed by atoms with Crippen molar-refractivity contribution in [1.29, 1.82) is 0 Å². The average molecular weight is 817 g/mol. The van der Waals surface area contributed by atoms with Crippen molar-refractivity contribution in [1.82, 2.24) is 4.13 Å². The summed E-state index contributed by atoms with van der Waals surface area (Å²) in [5.41, 5.74) is 0.584. The second-order valence-corrected chi connectivity index (χ2v) is 17.8. The maximum absolute atomic E-state index is 13.3. The van der Waals surface area contributed by atoms with Crippen LogP contribution in [0.5, 0.6) is 0 Å². The van der Waals surface area contributed by atoms with E-state index in [1.54, 1.807) is 39.0 Å². The van der Waals surface area contributed by atoms with Gasteiger partial charge in [-0.2, -0.15) is 13.2 Å². The number of nitrogens with one attached hydrogen (secondary N) is 1. The molecule has 0 saturated carbocycles. The third kappa shape index (κ3) is 10.1. The topological polar surface area (TPSA) is 125 Å². The zero-order chi connectivity index (χ0) is 41.5. The number of fused-ring (bicyclic) bond motifs is 1. The lowest BCUT2D eigenvalue weighted by atomic mass is 9.83. The molecule has 0 spiro atoms. The van der Waals surface area contributed by atoms with Gasteiger partial charge in [0.15, 0.2) is 0 Å². The van der Waals surface area contributed by atoms with Crippen LogP contribution < -0.4 is 13.9 Å². The molecule has 1 N–H and O–H groups in total. The van der Waals surface area contributed by atoms with Crippen LogP contribution in [0.1, 0.15) is 77.1 Å². The molecule has 1 atom stereocenters. The second-order valence-electron chi connectivity index (χ2n) is 13.9. The number of hydrogen-bond donors (Lipinski definition) is 1. The first-order chi connectivity index (χ1) is 26.3. The van der Waals surface area contributed by atoms with Crippen molar-refractivity contribution in [2.75, 3.05) is 49.1 Å². The van der Waals surface area contributed by atoms with E-state index in [2.05, 4.69) is 91.0 Å². The Morgan fingerprint density at radius 2 is 1.23 bits per heavy atom. The van der Waals surface area contributed by atoms with Crippen molar-refractivity contribution in [2.24, 2.45) is 10.4 Å². The van der Waals surface area contributed by atoms with Crippen LogP contribution in [0.15, 0.2) is 89.9 Å². The Kier molecular flexibility index (Phi) is 14.4. The molecule has 0 heterocycles. The molecule has 0 aliphatic heterocycles. The van der Waals surface area contributed by atoms with Crippen LogP contribution in [0, 0.1) is 5.41 Å². The van der Waals surface area contributed by atoms with Crippen LogP contribution in [0.2, 0.25) is 0 Å². The minimum Gasteiger partial charge on any atom is -0.464 e. The predicted octanol–water partition coefficient (Wildman–Crippen LogP) is 7.81. The van der Waals surface area contributed by atoms with E-state index in [-0.39, 0.29) is 0 Å². The summed E-state index contributed by atoms with van der Waals surface area (Å²) in [6, 6.07) is 24.0. The van der Waals surface area contributed by atoms with Crippen LogP contribution in [0.25, 0.3) is 11.1 Å². The van der Waals surface area contributed by atoms with Crippen LogP contribution >= 0.6 is 0 Å². The number of anilines is 2. The summed E-state index contributed by atoms with van der Waals surface area (Å²) in [6.45, 7) is 15.0. The van der Waals surface area contributed by atoms with Gasteiger partial charge in [0.2, 0.25) is 10.0 Å². The third-order valence-corrected chi connectivity index (χ3v) is 13.6. The molecule has 4 rings (SSSR count). The minimum absolute atomic E-state index is 0.302. The number of rotatable bonds is 17. The Morgan fingerprint density at radius 3 is 1.68 bits per heavy atom. The first-order valence-corrected chi connectivity index (χ1v) is 21.6. The second kappa shape index (κ2) is 18.2. The number of sulfonamides is 2. The first-order valence-electron chi connectivity index (χ1n) is 18.6. The van der Waals surface area contributed by atoms with E-state index < -0.39 is 55.3 Å². The molecule has 0 aromatic heterocycles. The first kappa shape index (κ1) is 44.2. The molecule has 0 radical (unpaired) electrons. The molecule has 56 heavy (non-hydrogen) atoms. The molecule has 3 aromatic rings. The van der Waals surface area contributed by atoms with Gasteiger partial charge in [-0.3, -0.25) is 9.79 Å². The van der Waals surface area contributed by atoms with Crippen LogP contribution in [-0.4, -0.2) is 78.6 Å². The van der Waals surface area contributed by atoms with E-state index in [0.29, 0.717) is 17.7 Å². The number of aliphatic imine (C=N–C) groups is 1. The summed E-state index contributed by atoms with van der Waals surface area (Å²) >= 11 is 0. The Bertz CT molecular complexity index is 2100. The number of carbonyl (C=O) groups is 1. The lowest BCUT2D eigenvalue weighted by Gasteiger charge is -2.25. The fourth-order valence-electron chi connectivity index (χ4n) is 6.19. The van der Waals surface area contributed by atoms with Crippen molar-refractivity contribution < 1.29 is 39.5 Å². The highest BCUT2D eigenvalue weighted by atomic mass is 32.3. The summed E-state index contributed by atoms with van der Waals surface area (Å²) in [5, 5.41) is -1.98. The molecule has 0 bridgehead atoms. The molecule has 10 nitrogen and oxygen atoms in total. The van der Waals surface area contributed by atoms with Crippen molar-refractivity contribution in [3.8, 4) is 0 Å². The SMILES string of the molecule is CCN(CC)c1ccc(C(=C2C=CC(=NCC(COC(=O)C(C)(C)CC)S(=O)(=O)NS(=O)(=O)C(F)(F)F)c3ccccc32)c2ccc(N(CC)CC)cc2)cc1. The van der Waals surface area contributed by atoms with Gasteiger partial charge in [-0.15, -0.1) is 4.13 Å². The van der Waals surface area contributed by atoms with Gasteiger partial charge in [0.25, 0.3) is 0 Å². The van der Waals surface area contributed by atoms with Gasteiger partial charge >= 0.3 is 21.5 Å². The van der Waals surface area contributed by atoms with Crippen LogP contribution in [0.3, 0.4) is 0 Å². The molecular weight excluding hydrogens is 766 g/mol. The molecule has 0 amide bonds. The molecule has 3 aromatic carbocycles. The van der Waals surface area contributed by atoms with E-state index in [4.69, 9.17) is 4.74 Å². The standard InChI is InChI=1S/C41H51F3N4O6S2/c1-8-40(6,7)39(49)54-28-33(55(50,51)46-56(52,53)41(42,43)44)27-45-37-26-25-36(34-15-13-14-16-35(34)37)38(29-17-21-31(22-18-29)47(9-2)10-3)30-19-23-32(24-20-30)48(11-4)12-5/h13-26,33,46H,8-12,27-28H2,1-7H3. The predicted molar refractivity (Wildman–Crippen MR) is 219 cm³/mol. The van der Waals surface area contributed by atoms with E-state index >= 15 is 0 Å². The summed E-state index contributed by atoms with van der Waals surface area (Å²) in [4.78, 5) is 21.7. The molecule has 1 aliphatic rings. The number of alkyl halides is 3. The van der Waals surface area contributed by atoms with Gasteiger partial charge in [0.05, 0.1) is 17.7 Å². The van der Waals surface area contributed by atoms with Crippen molar-refractivity contribution >= 4 is 54.2 Å². The highest BCUT2D eigenvalue weighted by molar-refractivity contribution is 8.05. The lowest BCUT2D eigenvalue weighted by Crippen LogP contribution is -2.47. The largest absolute Gasteiger partial charge is 0.512 e. The lowest BCUT2D eigenvalue weighted by molar-refractivity contribution is -0.154. The number of esters is 1. The summed E-state index contributed by atoms with van der Waals surface area (Å²) < 4.78 is 96.1. The Morgan fingerprint density at radius 1 is 0.750 bits per heavy atom. The Hall–Kier alpha value is -4.47. The van der Waals surface area contributed by atoms with Crippen LogP contribution in [-0.2, 0) is 29.6 Å². The summed E-state index contributed by atoms with van der Waals surface area (Å²) in [5.74, 6) is -0.799. The molecule has 304 valence electrons. The quantitative estimate of drug-likeness (QED) is 0.137. The highest BCUT2D eigenvalue weighted by Crippen LogP contribution is 2.38. The number of halogens is 3. The van der Waals surface area contributed by atoms with Crippen molar-refractivity contribution in [3.63, 3.8) is 0 Å². The number of nitrogens with zero attached hydrogens (tertiary/aromatic N) is 3. The zero-order valence-corrected chi connectivity index (χ0v) is 34.5. The highest BCUT2D eigenvalue weighted by Gasteiger charge is 2.49. The van der Waals surface area contributed by atoms with Gasteiger partial charge in [-0.1, -0.05) is 61.5 Å². The van der Waals surface area contributed by atoms with Gasteiger partial charge in [-0.25, -0.2) is 16.8 Å². The normalized spacial score (nSPS) is 14.7. The number of hydrogen-bond acceptors (Lipinski definition) is 9. The molecule has 1 aliphatic carbocycles. The third-order valence-electron chi connectivity index (χ3n) is 10.0. The van der Waals surface area contributed by atoms with Gasteiger partial charge in [-0.05, 0) is 106 Å². The fraction of sp³-hybridized carbons (Fsp3) is 0.415. The van der Waals surface area contributed by atoms with Gasteiger partial charge in [0, 0.05) is 43.1 Å². The molecule has 15 heteroatoms. The smallest absolute Gasteiger partial charge is 0.464 e. The number of allylic oxidation sites excluding steroid dienone is 3. The molecule has 1 unspecified atom stereocenters. The summed E-state index contributed by atoms with van der Waals surface area (Å²) in [6.07, 6.45) is 3.86. The van der Waals surface area contributed by atoms with E-state index in [1.807, 2.05) is 18.2 Å². The molecular formula is C41H51F3N4O6S2. The summed E-state index contributed by atoms with van der Waals surface area (Å²) in [7, 11) is -11.6.